The minimum absolute atomic E-state index is 0.167. The van der Waals surface area contributed by atoms with E-state index < -0.39 is 0 Å². The number of carbonyl (C=O) groups excluding carboxylic acids is 1. The van der Waals surface area contributed by atoms with Crippen molar-refractivity contribution in [1.82, 2.24) is 5.32 Å². The van der Waals surface area contributed by atoms with Crippen LogP contribution in [0.25, 0.3) is 0 Å². The smallest absolute Gasteiger partial charge is 0.323 e. The minimum Gasteiger partial charge on any atom is -0.460 e. The van der Waals surface area contributed by atoms with Crippen LogP contribution in [0.3, 0.4) is 0 Å². The third-order valence-corrected chi connectivity index (χ3v) is 2.36. The molecule has 0 fully saturated rings. The Balaban J connectivity index is 2.46. The molecule has 87 valence electrons. The predicted molar refractivity (Wildman–Crippen MR) is 63.4 cm³/mol. The number of ether oxygens (including phenoxy) is 1. The molecule has 1 radical (unpaired) electrons. The zero-order chi connectivity index (χ0) is 12.0. The zero-order valence-corrected chi connectivity index (χ0v) is 9.77. The Morgan fingerprint density at radius 2 is 2.00 bits per heavy atom. The number of hydrogen-bond acceptors (Lipinski definition) is 3. The van der Waals surface area contributed by atoms with Crippen LogP contribution in [-0.4, -0.2) is 12.0 Å². The van der Waals surface area contributed by atoms with Gasteiger partial charge in [0.05, 0.1) is 0 Å². The number of nitrogens with one attached hydrogen (secondary N) is 1. The molecule has 0 heterocycles. The summed E-state index contributed by atoms with van der Waals surface area (Å²) >= 11 is 0. The fourth-order valence-corrected chi connectivity index (χ4v) is 1.41. The molecule has 1 aromatic carbocycles. The third kappa shape index (κ3) is 3.66. The summed E-state index contributed by atoms with van der Waals surface area (Å²) < 4.78 is 5.20. The summed E-state index contributed by atoms with van der Waals surface area (Å²) in [6.07, 6.45) is 0. The van der Waals surface area contributed by atoms with Crippen molar-refractivity contribution in [3.8, 4) is 0 Å². The van der Waals surface area contributed by atoms with Crippen molar-refractivity contribution in [2.75, 3.05) is 0 Å². The first-order chi connectivity index (χ1) is 7.65. The second-order valence-electron chi connectivity index (χ2n) is 4.02. The van der Waals surface area contributed by atoms with Crippen molar-refractivity contribution in [3.05, 3.63) is 42.9 Å². The lowest BCUT2D eigenvalue weighted by Crippen LogP contribution is -2.38. The van der Waals surface area contributed by atoms with Crippen molar-refractivity contribution in [3.63, 3.8) is 0 Å². The molecule has 0 bridgehead atoms. The number of carbonyl (C=O) groups is 1. The molecule has 0 aromatic heterocycles. The highest BCUT2D eigenvalue weighted by Crippen LogP contribution is 2.06. The van der Waals surface area contributed by atoms with Gasteiger partial charge < -0.3 is 10.1 Å². The Morgan fingerprint density at radius 1 is 1.38 bits per heavy atom. The number of esters is 1. The maximum atomic E-state index is 11.7. The van der Waals surface area contributed by atoms with Gasteiger partial charge in [-0.2, -0.15) is 0 Å². The Labute approximate surface area is 96.8 Å². The van der Waals surface area contributed by atoms with Crippen LogP contribution in [0.5, 0.6) is 0 Å². The molecule has 0 aliphatic heterocycles. The molecular weight excluding hydrogens is 202 g/mol. The van der Waals surface area contributed by atoms with E-state index in [0.717, 1.165) is 5.56 Å². The lowest BCUT2D eigenvalue weighted by atomic mass is 10.1. The first-order valence-corrected chi connectivity index (χ1v) is 5.38. The Kier molecular flexibility index (Phi) is 4.99. The fourth-order valence-electron chi connectivity index (χ4n) is 1.41. The maximum absolute atomic E-state index is 11.7. The van der Waals surface area contributed by atoms with Crippen LogP contribution in [0.4, 0.5) is 0 Å². The topological polar surface area (TPSA) is 38.3 Å². The average molecular weight is 220 g/mol. The van der Waals surface area contributed by atoms with Crippen LogP contribution < -0.4 is 5.32 Å². The normalized spacial score (nSPS) is 12.5. The average Bonchev–Trinajstić information content (AvgIpc) is 2.28. The van der Waals surface area contributed by atoms with Gasteiger partial charge in [0.1, 0.15) is 12.6 Å². The van der Waals surface area contributed by atoms with Gasteiger partial charge in [-0.05, 0) is 11.5 Å². The first-order valence-electron chi connectivity index (χ1n) is 5.38. The van der Waals surface area contributed by atoms with Crippen molar-refractivity contribution in [2.24, 2.45) is 5.92 Å². The molecule has 1 N–H and O–H groups in total. The molecule has 3 nitrogen and oxygen atoms in total. The highest BCUT2D eigenvalue weighted by Gasteiger charge is 2.21. The van der Waals surface area contributed by atoms with Gasteiger partial charge in [-0.1, -0.05) is 44.2 Å². The number of rotatable bonds is 5. The monoisotopic (exact) mass is 220 g/mol. The Morgan fingerprint density at radius 3 is 2.50 bits per heavy atom. The molecule has 0 aliphatic carbocycles. The summed E-state index contributed by atoms with van der Waals surface area (Å²) in [4.78, 5) is 11.7. The van der Waals surface area contributed by atoms with E-state index in [1.807, 2.05) is 44.2 Å². The van der Waals surface area contributed by atoms with E-state index in [1.165, 1.54) is 0 Å². The van der Waals surface area contributed by atoms with Gasteiger partial charge in [0.2, 0.25) is 0 Å². The maximum Gasteiger partial charge on any atom is 0.323 e. The molecule has 0 saturated heterocycles. The van der Waals surface area contributed by atoms with E-state index >= 15 is 0 Å². The fraction of sp³-hybridized carbons (Fsp3) is 0.385. The van der Waals surface area contributed by atoms with Gasteiger partial charge >= 0.3 is 5.97 Å². The van der Waals surface area contributed by atoms with Gasteiger partial charge in [0.15, 0.2) is 0 Å². The Hall–Kier alpha value is -1.35. The molecule has 1 rings (SSSR count). The van der Waals surface area contributed by atoms with Gasteiger partial charge in [-0.25, -0.2) is 0 Å². The Bertz CT molecular complexity index is 322. The molecule has 1 atom stereocenters. The van der Waals surface area contributed by atoms with E-state index in [0.29, 0.717) is 6.61 Å². The highest BCUT2D eigenvalue weighted by atomic mass is 16.5. The first kappa shape index (κ1) is 12.7. The molecular formula is C13H18NO2. The van der Waals surface area contributed by atoms with Crippen LogP contribution in [-0.2, 0) is 16.1 Å². The minimum atomic E-state index is -0.344. The molecule has 1 aromatic rings. The van der Waals surface area contributed by atoms with E-state index in [1.54, 1.807) is 0 Å². The molecule has 0 amide bonds. The van der Waals surface area contributed by atoms with E-state index in [2.05, 4.69) is 12.4 Å². The zero-order valence-electron chi connectivity index (χ0n) is 9.77. The van der Waals surface area contributed by atoms with E-state index in [9.17, 15) is 4.79 Å². The van der Waals surface area contributed by atoms with Crippen LogP contribution in [0.15, 0.2) is 30.3 Å². The van der Waals surface area contributed by atoms with Crippen LogP contribution in [0.1, 0.15) is 19.4 Å². The summed E-state index contributed by atoms with van der Waals surface area (Å²) in [5.74, 6) is -0.0883. The quantitative estimate of drug-likeness (QED) is 0.773. The van der Waals surface area contributed by atoms with Crippen LogP contribution >= 0.6 is 0 Å². The molecule has 3 heteroatoms. The number of hydrogen-bond donors (Lipinski definition) is 1. The second kappa shape index (κ2) is 6.28. The summed E-state index contributed by atoms with van der Waals surface area (Å²) in [6, 6.07) is 9.28. The van der Waals surface area contributed by atoms with Gasteiger partial charge in [-0.15, -0.1) is 0 Å². The predicted octanol–water partition coefficient (Wildman–Crippen LogP) is 2.14. The number of benzene rings is 1. The van der Waals surface area contributed by atoms with Gasteiger partial charge in [-0.3, -0.25) is 4.79 Å². The standard InChI is InChI=1S/C13H18NO2/c1-10(2)12(14-3)13(15)16-9-11-7-5-4-6-8-11/h4-8,10,12,14H,3,9H2,1-2H3. The molecule has 1 unspecified atom stereocenters. The molecule has 0 aliphatic rings. The summed E-state index contributed by atoms with van der Waals surface area (Å²) in [5.41, 5.74) is 0.988. The van der Waals surface area contributed by atoms with Crippen LogP contribution in [0.2, 0.25) is 0 Å². The summed E-state index contributed by atoms with van der Waals surface area (Å²) in [7, 11) is 3.53. The molecule has 0 saturated carbocycles. The van der Waals surface area contributed by atoms with E-state index in [4.69, 9.17) is 4.74 Å². The second-order valence-corrected chi connectivity index (χ2v) is 4.02. The summed E-state index contributed by atoms with van der Waals surface area (Å²) in [5, 5.41) is 2.71. The SMILES string of the molecule is [CH2]NC(C(=O)OCc1ccccc1)C(C)C. The summed E-state index contributed by atoms with van der Waals surface area (Å²) in [6.45, 7) is 4.21. The van der Waals surface area contributed by atoms with Crippen LogP contribution in [0, 0.1) is 13.0 Å². The third-order valence-electron chi connectivity index (χ3n) is 2.36. The molecule has 16 heavy (non-hydrogen) atoms. The lowest BCUT2D eigenvalue weighted by Gasteiger charge is -2.18. The van der Waals surface area contributed by atoms with E-state index in [-0.39, 0.29) is 17.9 Å². The van der Waals surface area contributed by atoms with Crippen molar-refractivity contribution < 1.29 is 9.53 Å². The largest absolute Gasteiger partial charge is 0.460 e. The highest BCUT2D eigenvalue weighted by molar-refractivity contribution is 5.76. The molecule has 0 spiro atoms. The van der Waals surface area contributed by atoms with Gasteiger partial charge in [0.25, 0.3) is 0 Å². The van der Waals surface area contributed by atoms with Crippen molar-refractivity contribution >= 4 is 5.97 Å². The lowest BCUT2D eigenvalue weighted by molar-refractivity contribution is -0.148. The van der Waals surface area contributed by atoms with Gasteiger partial charge in [0, 0.05) is 7.05 Å². The van der Waals surface area contributed by atoms with Crippen molar-refractivity contribution in [2.45, 2.75) is 26.5 Å². The van der Waals surface area contributed by atoms with Crippen molar-refractivity contribution in [1.29, 1.82) is 0 Å².